The minimum absolute atomic E-state index is 0.315. The SMILES string of the molecule is CC(C)(C)N(CCn1ccc2ncnc(Nc3ccc(OCc4ccccn4)c(Cl)c3)c21)C(=O)O. The molecule has 10 heteroatoms. The summed E-state index contributed by atoms with van der Waals surface area (Å²) in [6, 6.07) is 12.9. The van der Waals surface area contributed by atoms with E-state index in [0.717, 1.165) is 22.4 Å². The van der Waals surface area contributed by atoms with Crippen LogP contribution in [-0.4, -0.2) is 47.7 Å². The normalized spacial score (nSPS) is 11.4. The second-order valence-corrected chi connectivity index (χ2v) is 9.36. The zero-order valence-electron chi connectivity index (χ0n) is 19.8. The van der Waals surface area contributed by atoms with E-state index >= 15 is 0 Å². The lowest BCUT2D eigenvalue weighted by Crippen LogP contribution is -2.46. The summed E-state index contributed by atoms with van der Waals surface area (Å²) < 4.78 is 7.75. The topological polar surface area (TPSA) is 105 Å². The molecule has 4 aromatic rings. The predicted octanol–water partition coefficient (Wildman–Crippen LogP) is 5.58. The first-order valence-corrected chi connectivity index (χ1v) is 11.5. The van der Waals surface area contributed by atoms with E-state index in [1.165, 1.54) is 11.2 Å². The number of hydrogen-bond donors (Lipinski definition) is 2. The molecular formula is C25H27ClN6O3. The fourth-order valence-corrected chi connectivity index (χ4v) is 3.94. The van der Waals surface area contributed by atoms with Gasteiger partial charge in [-0.1, -0.05) is 17.7 Å². The van der Waals surface area contributed by atoms with Gasteiger partial charge in [0.25, 0.3) is 0 Å². The van der Waals surface area contributed by atoms with Crippen molar-refractivity contribution in [3.63, 3.8) is 0 Å². The van der Waals surface area contributed by atoms with Gasteiger partial charge in [0.2, 0.25) is 0 Å². The van der Waals surface area contributed by atoms with E-state index in [9.17, 15) is 9.90 Å². The highest BCUT2D eigenvalue weighted by molar-refractivity contribution is 6.32. The molecule has 0 aliphatic rings. The molecule has 0 aliphatic carbocycles. The van der Waals surface area contributed by atoms with Crippen molar-refractivity contribution < 1.29 is 14.6 Å². The van der Waals surface area contributed by atoms with E-state index in [1.54, 1.807) is 18.3 Å². The molecule has 1 amide bonds. The first kappa shape index (κ1) is 24.3. The summed E-state index contributed by atoms with van der Waals surface area (Å²) in [5.41, 5.74) is 2.56. The number of benzene rings is 1. The number of anilines is 2. The van der Waals surface area contributed by atoms with Crippen LogP contribution in [0, 0.1) is 0 Å². The molecule has 3 aromatic heterocycles. The Kier molecular flexibility index (Phi) is 7.07. The van der Waals surface area contributed by atoms with Crippen molar-refractivity contribution in [2.24, 2.45) is 0 Å². The Morgan fingerprint density at radius 1 is 1.17 bits per heavy atom. The average molecular weight is 495 g/mol. The molecule has 0 unspecified atom stereocenters. The van der Waals surface area contributed by atoms with Crippen LogP contribution in [0.5, 0.6) is 5.75 Å². The number of hydrogen-bond acceptors (Lipinski definition) is 6. The molecule has 3 heterocycles. The van der Waals surface area contributed by atoms with Crippen LogP contribution < -0.4 is 10.1 Å². The van der Waals surface area contributed by atoms with Crippen molar-refractivity contribution in [3.05, 3.63) is 71.9 Å². The van der Waals surface area contributed by atoms with Gasteiger partial charge in [0.15, 0.2) is 5.82 Å². The Morgan fingerprint density at radius 2 is 2.00 bits per heavy atom. The van der Waals surface area contributed by atoms with E-state index in [0.29, 0.717) is 36.3 Å². The van der Waals surface area contributed by atoms with Crippen molar-refractivity contribution >= 4 is 40.2 Å². The maximum atomic E-state index is 11.7. The molecule has 0 fully saturated rings. The van der Waals surface area contributed by atoms with Gasteiger partial charge in [0.05, 0.1) is 16.2 Å². The van der Waals surface area contributed by atoms with Gasteiger partial charge in [-0.15, -0.1) is 0 Å². The van der Waals surface area contributed by atoms with Crippen LogP contribution >= 0.6 is 11.6 Å². The third-order valence-electron chi connectivity index (χ3n) is 5.45. The number of amides is 1. The highest BCUT2D eigenvalue weighted by atomic mass is 35.5. The van der Waals surface area contributed by atoms with Gasteiger partial charge >= 0.3 is 6.09 Å². The Bertz CT molecular complexity index is 1320. The molecule has 9 nitrogen and oxygen atoms in total. The second kappa shape index (κ2) is 10.2. The summed E-state index contributed by atoms with van der Waals surface area (Å²) in [6.07, 6.45) is 4.13. The van der Waals surface area contributed by atoms with Gasteiger partial charge in [-0.3, -0.25) is 4.98 Å². The zero-order chi connectivity index (χ0) is 25.0. The van der Waals surface area contributed by atoms with Crippen molar-refractivity contribution in [2.75, 3.05) is 11.9 Å². The van der Waals surface area contributed by atoms with E-state index in [1.807, 2.05) is 61.9 Å². The number of pyridine rings is 1. The highest BCUT2D eigenvalue weighted by Gasteiger charge is 2.26. The van der Waals surface area contributed by atoms with E-state index in [4.69, 9.17) is 16.3 Å². The summed E-state index contributed by atoms with van der Waals surface area (Å²) in [5, 5.41) is 13.4. The lowest BCUT2D eigenvalue weighted by Gasteiger charge is -2.33. The van der Waals surface area contributed by atoms with Crippen LogP contribution in [0.2, 0.25) is 5.02 Å². The number of nitrogens with zero attached hydrogens (tertiary/aromatic N) is 5. The molecule has 1 aromatic carbocycles. The minimum atomic E-state index is -0.955. The number of rotatable bonds is 8. The van der Waals surface area contributed by atoms with Gasteiger partial charge in [-0.2, -0.15) is 0 Å². The molecule has 182 valence electrons. The molecule has 2 N–H and O–H groups in total. The third-order valence-corrected chi connectivity index (χ3v) is 5.75. The first-order valence-electron chi connectivity index (χ1n) is 11.1. The Hall–Kier alpha value is -3.85. The maximum absolute atomic E-state index is 11.7. The van der Waals surface area contributed by atoms with Crippen molar-refractivity contribution in [2.45, 2.75) is 39.5 Å². The van der Waals surface area contributed by atoms with E-state index < -0.39 is 11.6 Å². The second-order valence-electron chi connectivity index (χ2n) is 8.95. The Morgan fingerprint density at radius 3 is 2.69 bits per heavy atom. The summed E-state index contributed by atoms with van der Waals surface area (Å²) in [5.74, 6) is 1.14. The number of nitrogens with one attached hydrogen (secondary N) is 1. The van der Waals surface area contributed by atoms with Gasteiger partial charge in [0.1, 0.15) is 24.2 Å². The van der Waals surface area contributed by atoms with Gasteiger partial charge < -0.3 is 24.6 Å². The predicted molar refractivity (Wildman–Crippen MR) is 135 cm³/mol. The monoisotopic (exact) mass is 494 g/mol. The maximum Gasteiger partial charge on any atom is 0.407 e. The van der Waals surface area contributed by atoms with Crippen LogP contribution in [0.25, 0.3) is 11.0 Å². The van der Waals surface area contributed by atoms with Crippen LogP contribution in [-0.2, 0) is 13.2 Å². The largest absolute Gasteiger partial charge is 0.486 e. The molecule has 0 atom stereocenters. The number of carbonyl (C=O) groups is 1. The summed E-state index contributed by atoms with van der Waals surface area (Å²) in [4.78, 5) is 26.1. The third kappa shape index (κ3) is 5.81. The molecule has 35 heavy (non-hydrogen) atoms. The smallest absolute Gasteiger partial charge is 0.407 e. The van der Waals surface area contributed by atoms with E-state index in [-0.39, 0.29) is 0 Å². The quantitative estimate of drug-likeness (QED) is 0.329. The summed E-state index contributed by atoms with van der Waals surface area (Å²) in [7, 11) is 0. The minimum Gasteiger partial charge on any atom is -0.486 e. The summed E-state index contributed by atoms with van der Waals surface area (Å²) in [6.45, 7) is 6.71. The van der Waals surface area contributed by atoms with Crippen LogP contribution in [0.1, 0.15) is 26.5 Å². The van der Waals surface area contributed by atoms with Gasteiger partial charge in [-0.05, 0) is 57.2 Å². The molecule has 4 rings (SSSR count). The summed E-state index contributed by atoms with van der Waals surface area (Å²) >= 11 is 6.46. The molecule has 0 saturated heterocycles. The average Bonchev–Trinajstić information content (AvgIpc) is 3.22. The molecule has 0 saturated carbocycles. The number of fused-ring (bicyclic) bond motifs is 1. The lowest BCUT2D eigenvalue weighted by molar-refractivity contribution is 0.0981. The lowest BCUT2D eigenvalue weighted by atomic mass is 10.1. The zero-order valence-corrected chi connectivity index (χ0v) is 20.5. The van der Waals surface area contributed by atoms with E-state index in [2.05, 4.69) is 20.3 Å². The van der Waals surface area contributed by atoms with Crippen molar-refractivity contribution in [1.82, 2.24) is 24.4 Å². The fraction of sp³-hybridized carbons (Fsp3) is 0.280. The number of halogens is 1. The Balaban J connectivity index is 1.52. The molecule has 0 aliphatic heterocycles. The molecule has 0 radical (unpaired) electrons. The highest BCUT2D eigenvalue weighted by Crippen LogP contribution is 2.31. The molecular weight excluding hydrogens is 468 g/mol. The number of ether oxygens (including phenoxy) is 1. The Labute approximate surface area is 208 Å². The van der Waals surface area contributed by atoms with Crippen LogP contribution in [0.3, 0.4) is 0 Å². The van der Waals surface area contributed by atoms with Crippen LogP contribution in [0.4, 0.5) is 16.3 Å². The van der Waals surface area contributed by atoms with Crippen LogP contribution in [0.15, 0.2) is 61.2 Å². The first-order chi connectivity index (χ1) is 16.7. The standard InChI is InChI=1S/C25H27ClN6O3/c1-25(2,3)32(24(33)34)13-12-31-11-9-20-22(31)23(29-16-28-20)30-17-7-8-21(19(26)14-17)35-15-18-6-4-5-10-27-18/h4-11,14,16H,12-13,15H2,1-3H3,(H,33,34)(H,28,29,30). The van der Waals surface area contributed by atoms with Crippen molar-refractivity contribution in [1.29, 1.82) is 0 Å². The fourth-order valence-electron chi connectivity index (χ4n) is 3.70. The molecule has 0 bridgehead atoms. The van der Waals surface area contributed by atoms with Crippen molar-refractivity contribution in [3.8, 4) is 5.75 Å². The molecule has 0 spiro atoms. The van der Waals surface area contributed by atoms with Gasteiger partial charge in [-0.25, -0.2) is 14.8 Å². The number of aromatic nitrogens is 4. The van der Waals surface area contributed by atoms with Gasteiger partial charge in [0, 0.05) is 36.7 Å². The number of carboxylic acid groups (broad SMARTS) is 1.